The van der Waals surface area contributed by atoms with E-state index in [1.165, 1.54) is 7.11 Å². The van der Waals surface area contributed by atoms with Crippen LogP contribution in [0.1, 0.15) is 40.4 Å². The highest BCUT2D eigenvalue weighted by atomic mass is 16.6. The average Bonchev–Trinajstić information content (AvgIpc) is 2.88. The summed E-state index contributed by atoms with van der Waals surface area (Å²) in [6.07, 6.45) is 0.532. The Morgan fingerprint density at radius 3 is 2.20 bits per heavy atom. The molecule has 184 valence electrons. The van der Waals surface area contributed by atoms with Gasteiger partial charge in [-0.2, -0.15) is 0 Å². The zero-order valence-corrected chi connectivity index (χ0v) is 20.5. The molecule has 3 aromatic rings. The highest BCUT2D eigenvalue weighted by Gasteiger charge is 2.20. The summed E-state index contributed by atoms with van der Waals surface area (Å²) in [7, 11) is 1.51. The average molecular weight is 477 g/mol. The third-order valence-electron chi connectivity index (χ3n) is 5.46. The smallest absolute Gasteiger partial charge is 0.335 e. The monoisotopic (exact) mass is 476 g/mol. The Bertz CT molecular complexity index is 1090. The molecule has 0 bridgehead atoms. The highest BCUT2D eigenvalue weighted by Crippen LogP contribution is 2.21. The molecule has 3 rings (SSSR count). The van der Waals surface area contributed by atoms with Gasteiger partial charge in [-0.15, -0.1) is 0 Å². The molecule has 6 heteroatoms. The van der Waals surface area contributed by atoms with Crippen LogP contribution in [-0.2, 0) is 20.7 Å². The van der Waals surface area contributed by atoms with Crippen LogP contribution in [-0.4, -0.2) is 44.8 Å². The van der Waals surface area contributed by atoms with E-state index < -0.39 is 6.10 Å². The van der Waals surface area contributed by atoms with E-state index in [9.17, 15) is 9.59 Å². The van der Waals surface area contributed by atoms with Crippen molar-refractivity contribution in [1.29, 1.82) is 0 Å². The minimum absolute atomic E-state index is 0.00873. The van der Waals surface area contributed by atoms with Crippen molar-refractivity contribution in [3.8, 4) is 11.5 Å². The van der Waals surface area contributed by atoms with E-state index in [4.69, 9.17) is 18.9 Å². The van der Waals surface area contributed by atoms with Crippen molar-refractivity contribution in [2.24, 2.45) is 0 Å². The molecule has 1 unspecified atom stereocenters. The fraction of sp³-hybridized carbons (Fsp3) is 0.310. The number of hydrogen-bond donors (Lipinski definition) is 0. The van der Waals surface area contributed by atoms with Gasteiger partial charge in [-0.3, -0.25) is 4.79 Å². The molecule has 0 aliphatic rings. The fourth-order valence-corrected chi connectivity index (χ4v) is 3.60. The third kappa shape index (κ3) is 7.69. The largest absolute Gasteiger partial charge is 0.493 e. The molecule has 0 amide bonds. The standard InChI is InChI=1S/C29H32O6/c1-4-33-29(31)27(32-3)20-22-11-16-26(21(2)19-22)35-18-8-17-34-25-14-12-24(13-15-25)28(30)23-9-6-5-7-10-23/h5-7,9-16,19,27H,4,8,17-18,20H2,1-3H3. The maximum atomic E-state index is 12.5. The number of carbonyl (C=O) groups is 2. The molecule has 0 aliphatic heterocycles. The van der Waals surface area contributed by atoms with Gasteiger partial charge in [0.25, 0.3) is 0 Å². The second kappa shape index (κ2) is 13.3. The number of rotatable bonds is 13. The van der Waals surface area contributed by atoms with Crippen LogP contribution in [0.4, 0.5) is 0 Å². The molecule has 0 saturated carbocycles. The molecule has 0 aliphatic carbocycles. The first-order chi connectivity index (χ1) is 17.0. The van der Waals surface area contributed by atoms with E-state index in [0.29, 0.717) is 49.5 Å². The fourth-order valence-electron chi connectivity index (χ4n) is 3.60. The lowest BCUT2D eigenvalue weighted by Crippen LogP contribution is -2.27. The number of ketones is 1. The van der Waals surface area contributed by atoms with Crippen molar-refractivity contribution in [3.05, 3.63) is 95.1 Å². The predicted octanol–water partition coefficient (Wildman–Crippen LogP) is 5.19. The van der Waals surface area contributed by atoms with Gasteiger partial charge in [0.2, 0.25) is 0 Å². The molecule has 0 saturated heterocycles. The van der Waals surface area contributed by atoms with Gasteiger partial charge in [-0.05, 0) is 55.3 Å². The van der Waals surface area contributed by atoms with Gasteiger partial charge in [-0.25, -0.2) is 4.79 Å². The lowest BCUT2D eigenvalue weighted by Gasteiger charge is -2.15. The van der Waals surface area contributed by atoms with Crippen LogP contribution in [0.15, 0.2) is 72.8 Å². The molecular formula is C29H32O6. The van der Waals surface area contributed by atoms with Crippen LogP contribution in [0.3, 0.4) is 0 Å². The number of carbonyl (C=O) groups excluding carboxylic acids is 2. The summed E-state index contributed by atoms with van der Waals surface area (Å²) in [6, 6.07) is 22.2. The lowest BCUT2D eigenvalue weighted by atomic mass is 10.0. The first-order valence-corrected chi connectivity index (χ1v) is 11.8. The first kappa shape index (κ1) is 26.0. The number of aryl methyl sites for hydroxylation is 1. The van der Waals surface area contributed by atoms with Crippen molar-refractivity contribution < 1.29 is 28.5 Å². The zero-order valence-electron chi connectivity index (χ0n) is 20.5. The summed E-state index contributed by atoms with van der Waals surface area (Å²) in [5.41, 5.74) is 3.26. The number of benzene rings is 3. The molecule has 35 heavy (non-hydrogen) atoms. The van der Waals surface area contributed by atoms with Crippen LogP contribution < -0.4 is 9.47 Å². The molecule has 0 heterocycles. The molecule has 3 aromatic carbocycles. The summed E-state index contributed by atoms with van der Waals surface area (Å²) < 4.78 is 22.0. The van der Waals surface area contributed by atoms with E-state index in [1.807, 2.05) is 67.6 Å². The van der Waals surface area contributed by atoms with Crippen LogP contribution in [0.25, 0.3) is 0 Å². The highest BCUT2D eigenvalue weighted by molar-refractivity contribution is 6.08. The molecule has 1 atom stereocenters. The molecule has 0 spiro atoms. The number of ether oxygens (including phenoxy) is 4. The van der Waals surface area contributed by atoms with Crippen molar-refractivity contribution in [3.63, 3.8) is 0 Å². The number of methoxy groups -OCH3 is 1. The Morgan fingerprint density at radius 1 is 0.857 bits per heavy atom. The first-order valence-electron chi connectivity index (χ1n) is 11.8. The van der Waals surface area contributed by atoms with Crippen molar-refractivity contribution >= 4 is 11.8 Å². The summed E-state index contributed by atoms with van der Waals surface area (Å²) in [5.74, 6) is 1.14. The third-order valence-corrected chi connectivity index (χ3v) is 5.46. The van der Waals surface area contributed by atoms with Crippen LogP contribution in [0.5, 0.6) is 11.5 Å². The Kier molecular flexibility index (Phi) is 9.87. The second-order valence-electron chi connectivity index (χ2n) is 8.05. The summed E-state index contributed by atoms with van der Waals surface area (Å²) >= 11 is 0. The molecule has 0 aromatic heterocycles. The van der Waals surface area contributed by atoms with Gasteiger partial charge >= 0.3 is 5.97 Å². The van der Waals surface area contributed by atoms with Gasteiger partial charge in [0.15, 0.2) is 11.9 Å². The normalized spacial score (nSPS) is 11.5. The van der Waals surface area contributed by atoms with Gasteiger partial charge < -0.3 is 18.9 Å². The zero-order chi connectivity index (χ0) is 25.0. The molecule has 0 radical (unpaired) electrons. The number of hydrogen-bond acceptors (Lipinski definition) is 6. The van der Waals surface area contributed by atoms with Crippen LogP contribution in [0.2, 0.25) is 0 Å². The summed E-state index contributed by atoms with van der Waals surface area (Å²) in [4.78, 5) is 24.4. The van der Waals surface area contributed by atoms with Crippen LogP contribution >= 0.6 is 0 Å². The maximum absolute atomic E-state index is 12.5. The van der Waals surface area contributed by atoms with E-state index in [2.05, 4.69) is 0 Å². The Labute approximate surface area is 206 Å². The topological polar surface area (TPSA) is 71.1 Å². The Balaban J connectivity index is 1.42. The summed E-state index contributed by atoms with van der Waals surface area (Å²) in [6.45, 7) is 5.08. The predicted molar refractivity (Wildman–Crippen MR) is 134 cm³/mol. The Hall–Kier alpha value is -3.64. The van der Waals surface area contributed by atoms with Crippen molar-refractivity contribution in [2.75, 3.05) is 26.9 Å². The Morgan fingerprint density at radius 2 is 1.54 bits per heavy atom. The van der Waals surface area contributed by atoms with Crippen LogP contribution in [0, 0.1) is 6.92 Å². The molecular weight excluding hydrogens is 444 g/mol. The molecule has 0 fully saturated rings. The van der Waals surface area contributed by atoms with Gasteiger partial charge in [-0.1, -0.05) is 42.5 Å². The number of esters is 1. The van der Waals surface area contributed by atoms with E-state index in [-0.39, 0.29) is 11.8 Å². The minimum atomic E-state index is -0.621. The van der Waals surface area contributed by atoms with Gasteiger partial charge in [0.05, 0.1) is 19.8 Å². The van der Waals surface area contributed by atoms with E-state index in [1.54, 1.807) is 19.1 Å². The SMILES string of the molecule is CCOC(=O)C(Cc1ccc(OCCCOc2ccc(C(=O)c3ccccc3)cc2)c(C)c1)OC. The van der Waals surface area contributed by atoms with Gasteiger partial charge in [0.1, 0.15) is 11.5 Å². The summed E-state index contributed by atoms with van der Waals surface area (Å²) in [5, 5.41) is 0. The van der Waals surface area contributed by atoms with Crippen molar-refractivity contribution in [1.82, 2.24) is 0 Å². The molecule has 0 N–H and O–H groups in total. The van der Waals surface area contributed by atoms with Crippen molar-refractivity contribution in [2.45, 2.75) is 32.8 Å². The van der Waals surface area contributed by atoms with Gasteiger partial charge in [0, 0.05) is 31.1 Å². The lowest BCUT2D eigenvalue weighted by molar-refractivity contribution is -0.154. The van der Waals surface area contributed by atoms with E-state index in [0.717, 1.165) is 16.9 Å². The van der Waals surface area contributed by atoms with E-state index >= 15 is 0 Å². The second-order valence-corrected chi connectivity index (χ2v) is 8.05. The molecule has 6 nitrogen and oxygen atoms in total. The minimum Gasteiger partial charge on any atom is -0.493 e. The quantitative estimate of drug-likeness (QED) is 0.192. The maximum Gasteiger partial charge on any atom is 0.335 e.